The fraction of sp³-hybridized carbons (Fsp3) is 0.0714. The smallest absolute Gasteiger partial charge is 0.323 e. The van der Waals surface area contributed by atoms with Crippen molar-refractivity contribution < 1.29 is 14.3 Å². The molecule has 0 unspecified atom stereocenters. The minimum Gasteiger partial charge on any atom is -0.505 e. The number of urea groups is 1. The van der Waals surface area contributed by atoms with Crippen LogP contribution in [-0.4, -0.2) is 11.1 Å². The summed E-state index contributed by atoms with van der Waals surface area (Å²) in [7, 11) is 0. The fourth-order valence-corrected chi connectivity index (χ4v) is 1.73. The molecule has 4 nitrogen and oxygen atoms in total. The van der Waals surface area contributed by atoms with E-state index in [0.29, 0.717) is 10.7 Å². The highest BCUT2D eigenvalue weighted by molar-refractivity contribution is 6.31. The number of anilines is 2. The molecule has 0 aliphatic rings. The Morgan fingerprint density at radius 1 is 1.15 bits per heavy atom. The number of hydrogen-bond acceptors (Lipinski definition) is 2. The molecule has 2 aromatic carbocycles. The molecule has 0 aromatic heterocycles. The Morgan fingerprint density at radius 2 is 1.75 bits per heavy atom. The number of carbonyl (C=O) groups is 1. The molecule has 0 fully saturated rings. The van der Waals surface area contributed by atoms with Crippen LogP contribution in [0.25, 0.3) is 0 Å². The molecule has 0 heterocycles. The van der Waals surface area contributed by atoms with Crippen LogP contribution in [0, 0.1) is 12.7 Å². The molecule has 2 rings (SSSR count). The van der Waals surface area contributed by atoms with Crippen molar-refractivity contribution in [2.24, 2.45) is 0 Å². The summed E-state index contributed by atoms with van der Waals surface area (Å²) in [6, 6.07) is 8.14. The highest BCUT2D eigenvalue weighted by Crippen LogP contribution is 2.21. The summed E-state index contributed by atoms with van der Waals surface area (Å²) in [6.07, 6.45) is 0. The Bertz CT molecular complexity index is 606. The molecule has 0 bridgehead atoms. The molecule has 0 radical (unpaired) electrons. The van der Waals surface area contributed by atoms with Crippen LogP contribution >= 0.6 is 11.6 Å². The standard InChI is InChI=1S/C14H12ClFN2O2/c1-8-2-3-9(6-11(8)15)17-14(20)18-10-4-5-13(19)12(16)7-10/h2-7,19H,1H3,(H2,17,18,20). The van der Waals surface area contributed by atoms with Gasteiger partial charge in [-0.2, -0.15) is 0 Å². The lowest BCUT2D eigenvalue weighted by Gasteiger charge is -2.09. The van der Waals surface area contributed by atoms with Crippen LogP contribution in [0.5, 0.6) is 5.75 Å². The first kappa shape index (κ1) is 14.1. The zero-order chi connectivity index (χ0) is 14.7. The zero-order valence-electron chi connectivity index (χ0n) is 10.6. The monoisotopic (exact) mass is 294 g/mol. The Morgan fingerprint density at radius 3 is 2.35 bits per heavy atom. The van der Waals surface area contributed by atoms with Crippen molar-refractivity contribution in [2.45, 2.75) is 6.92 Å². The van der Waals surface area contributed by atoms with E-state index in [9.17, 15) is 9.18 Å². The maximum Gasteiger partial charge on any atom is 0.323 e. The quantitative estimate of drug-likeness (QED) is 0.729. The molecule has 0 aliphatic heterocycles. The fourth-order valence-electron chi connectivity index (χ4n) is 1.55. The van der Waals surface area contributed by atoms with E-state index in [2.05, 4.69) is 10.6 Å². The highest BCUT2D eigenvalue weighted by atomic mass is 35.5. The number of carbonyl (C=O) groups excluding carboxylic acids is 1. The van der Waals surface area contributed by atoms with Gasteiger partial charge >= 0.3 is 6.03 Å². The van der Waals surface area contributed by atoms with E-state index in [1.165, 1.54) is 6.07 Å². The average molecular weight is 295 g/mol. The van der Waals surface area contributed by atoms with Gasteiger partial charge in [0.2, 0.25) is 0 Å². The third kappa shape index (κ3) is 3.39. The van der Waals surface area contributed by atoms with Crippen LogP contribution in [-0.2, 0) is 0 Å². The van der Waals surface area contributed by atoms with Crippen LogP contribution in [0.3, 0.4) is 0 Å². The Balaban J connectivity index is 2.04. The van der Waals surface area contributed by atoms with Gasteiger partial charge in [-0.15, -0.1) is 0 Å². The number of hydrogen-bond donors (Lipinski definition) is 3. The predicted molar refractivity (Wildman–Crippen MR) is 76.9 cm³/mol. The number of aryl methyl sites for hydroxylation is 1. The molecule has 0 atom stereocenters. The summed E-state index contributed by atoms with van der Waals surface area (Å²) in [6.45, 7) is 1.85. The maximum atomic E-state index is 13.1. The zero-order valence-corrected chi connectivity index (χ0v) is 11.3. The first-order chi connectivity index (χ1) is 9.45. The minimum atomic E-state index is -0.804. The van der Waals surface area contributed by atoms with Crippen LogP contribution < -0.4 is 10.6 Å². The molecule has 2 aromatic rings. The first-order valence-electron chi connectivity index (χ1n) is 5.78. The molecule has 0 saturated carbocycles. The summed E-state index contributed by atoms with van der Waals surface area (Å²) in [5.41, 5.74) is 1.66. The van der Waals surface area contributed by atoms with Gasteiger partial charge in [-0.05, 0) is 36.8 Å². The van der Waals surface area contributed by atoms with E-state index in [-0.39, 0.29) is 5.69 Å². The summed E-state index contributed by atoms with van der Waals surface area (Å²) < 4.78 is 13.1. The second-order valence-corrected chi connectivity index (χ2v) is 4.62. The lowest BCUT2D eigenvalue weighted by Crippen LogP contribution is -2.19. The molecular formula is C14H12ClFN2O2. The van der Waals surface area contributed by atoms with Gasteiger partial charge in [0.15, 0.2) is 11.6 Å². The summed E-state index contributed by atoms with van der Waals surface area (Å²) >= 11 is 5.95. The van der Waals surface area contributed by atoms with E-state index in [4.69, 9.17) is 16.7 Å². The van der Waals surface area contributed by atoms with Crippen LogP contribution in [0.15, 0.2) is 36.4 Å². The molecule has 20 heavy (non-hydrogen) atoms. The van der Waals surface area contributed by atoms with Gasteiger partial charge in [0, 0.05) is 22.5 Å². The molecule has 0 spiro atoms. The third-order valence-corrected chi connectivity index (χ3v) is 3.04. The minimum absolute atomic E-state index is 0.232. The lowest BCUT2D eigenvalue weighted by molar-refractivity contribution is 0.262. The molecule has 3 N–H and O–H groups in total. The largest absolute Gasteiger partial charge is 0.505 e. The van der Waals surface area contributed by atoms with Crippen molar-refractivity contribution in [3.05, 3.63) is 52.8 Å². The number of phenolic OH excluding ortho intramolecular Hbond substituents is 1. The Hall–Kier alpha value is -2.27. The Kier molecular flexibility index (Phi) is 4.10. The number of amides is 2. The first-order valence-corrected chi connectivity index (χ1v) is 6.16. The van der Waals surface area contributed by atoms with Crippen molar-refractivity contribution in [2.75, 3.05) is 10.6 Å². The number of halogens is 2. The van der Waals surface area contributed by atoms with Crippen LogP contribution in [0.4, 0.5) is 20.6 Å². The number of rotatable bonds is 2. The van der Waals surface area contributed by atoms with Gasteiger partial charge in [0.05, 0.1) is 0 Å². The van der Waals surface area contributed by atoms with Crippen molar-refractivity contribution in [1.29, 1.82) is 0 Å². The third-order valence-electron chi connectivity index (χ3n) is 2.64. The van der Waals surface area contributed by atoms with E-state index in [1.54, 1.807) is 18.2 Å². The summed E-state index contributed by atoms with van der Waals surface area (Å²) in [5, 5.41) is 14.6. The molecule has 104 valence electrons. The molecule has 0 aliphatic carbocycles. The second-order valence-electron chi connectivity index (χ2n) is 4.21. The van der Waals surface area contributed by atoms with E-state index < -0.39 is 17.6 Å². The normalized spacial score (nSPS) is 10.2. The highest BCUT2D eigenvalue weighted by Gasteiger charge is 2.06. The molecule has 6 heteroatoms. The van der Waals surface area contributed by atoms with Gasteiger partial charge in [0.25, 0.3) is 0 Å². The lowest BCUT2D eigenvalue weighted by atomic mass is 10.2. The van der Waals surface area contributed by atoms with E-state index in [1.807, 2.05) is 6.92 Å². The summed E-state index contributed by atoms with van der Waals surface area (Å²) in [4.78, 5) is 11.7. The van der Waals surface area contributed by atoms with Crippen molar-refractivity contribution >= 4 is 29.0 Å². The van der Waals surface area contributed by atoms with Crippen molar-refractivity contribution in [3.8, 4) is 5.75 Å². The number of aromatic hydroxyl groups is 1. The van der Waals surface area contributed by atoms with Gasteiger partial charge in [0.1, 0.15) is 0 Å². The average Bonchev–Trinajstić information content (AvgIpc) is 2.38. The maximum absolute atomic E-state index is 13.1. The van der Waals surface area contributed by atoms with Crippen LogP contribution in [0.2, 0.25) is 5.02 Å². The van der Waals surface area contributed by atoms with Gasteiger partial charge in [-0.25, -0.2) is 9.18 Å². The van der Waals surface area contributed by atoms with Gasteiger partial charge < -0.3 is 15.7 Å². The molecule has 2 amide bonds. The van der Waals surface area contributed by atoms with Gasteiger partial charge in [-0.3, -0.25) is 0 Å². The van der Waals surface area contributed by atoms with Crippen molar-refractivity contribution in [1.82, 2.24) is 0 Å². The second kappa shape index (κ2) is 5.79. The summed E-state index contributed by atoms with van der Waals surface area (Å²) in [5.74, 6) is -1.28. The van der Waals surface area contributed by atoms with Crippen LogP contribution in [0.1, 0.15) is 5.56 Å². The predicted octanol–water partition coefficient (Wildman–Crippen LogP) is 4.14. The van der Waals surface area contributed by atoms with E-state index >= 15 is 0 Å². The topological polar surface area (TPSA) is 61.4 Å². The van der Waals surface area contributed by atoms with Gasteiger partial charge in [-0.1, -0.05) is 17.7 Å². The number of benzene rings is 2. The SMILES string of the molecule is Cc1ccc(NC(=O)Nc2ccc(O)c(F)c2)cc1Cl. The number of phenols is 1. The van der Waals surface area contributed by atoms with Crippen molar-refractivity contribution in [3.63, 3.8) is 0 Å². The molecule has 0 saturated heterocycles. The molecular weight excluding hydrogens is 283 g/mol. The Labute approximate surface area is 120 Å². The van der Waals surface area contributed by atoms with E-state index in [0.717, 1.165) is 17.7 Å². The number of nitrogens with one attached hydrogen (secondary N) is 2.